The second-order valence-electron chi connectivity index (χ2n) is 5.12. The van der Waals surface area contributed by atoms with E-state index in [1.807, 2.05) is 19.1 Å². The Morgan fingerprint density at radius 2 is 1.81 bits per heavy atom. The van der Waals surface area contributed by atoms with Crippen LogP contribution in [0, 0.1) is 13.8 Å². The van der Waals surface area contributed by atoms with E-state index in [9.17, 15) is 4.79 Å². The van der Waals surface area contributed by atoms with Crippen LogP contribution in [0.3, 0.4) is 0 Å². The molecule has 2 nitrogen and oxygen atoms in total. The summed E-state index contributed by atoms with van der Waals surface area (Å²) in [6, 6.07) is 13.8. The molecule has 110 valence electrons. The molecule has 0 fully saturated rings. The number of ketones is 1. The van der Waals surface area contributed by atoms with Gasteiger partial charge in [0.2, 0.25) is 0 Å². The quantitative estimate of drug-likeness (QED) is 0.571. The third-order valence-electron chi connectivity index (χ3n) is 3.33. The van der Waals surface area contributed by atoms with E-state index in [4.69, 9.17) is 16.3 Å². The fraction of sp³-hybridized carbons (Fsp3) is 0.278. The molecular weight excluding hydrogens is 284 g/mol. The topological polar surface area (TPSA) is 26.3 Å². The molecule has 0 saturated carbocycles. The number of rotatable bonds is 6. The number of aryl methyl sites for hydroxylation is 2. The number of halogens is 1. The average Bonchev–Trinajstić information content (AvgIpc) is 2.48. The monoisotopic (exact) mass is 302 g/mol. The van der Waals surface area contributed by atoms with Crippen LogP contribution in [0.15, 0.2) is 42.5 Å². The highest BCUT2D eigenvalue weighted by Crippen LogP contribution is 2.21. The van der Waals surface area contributed by atoms with Gasteiger partial charge in [-0.3, -0.25) is 4.79 Å². The maximum absolute atomic E-state index is 11.8. The van der Waals surface area contributed by atoms with Gasteiger partial charge in [0.25, 0.3) is 0 Å². The fourth-order valence-corrected chi connectivity index (χ4v) is 2.23. The lowest BCUT2D eigenvalue weighted by molar-refractivity contribution is 0.0989. The molecule has 0 bridgehead atoms. The number of hydrogen-bond donors (Lipinski definition) is 0. The molecule has 0 spiro atoms. The lowest BCUT2D eigenvalue weighted by Gasteiger charge is -2.10. The lowest BCUT2D eigenvalue weighted by atomic mass is 10.1. The van der Waals surface area contributed by atoms with Crippen molar-refractivity contribution >= 4 is 17.4 Å². The number of ether oxygens (including phenoxy) is 1. The minimum Gasteiger partial charge on any atom is -0.489 e. The predicted molar refractivity (Wildman–Crippen MR) is 86.4 cm³/mol. The Labute approximate surface area is 130 Å². The Bertz CT molecular complexity index is 618. The molecule has 0 aliphatic rings. The predicted octanol–water partition coefficient (Wildman–Crippen LogP) is 4.69. The van der Waals surface area contributed by atoms with E-state index in [0.29, 0.717) is 24.5 Å². The molecule has 0 N–H and O–H groups in total. The summed E-state index contributed by atoms with van der Waals surface area (Å²) in [5.74, 6) is 1.22. The van der Waals surface area contributed by atoms with Crippen molar-refractivity contribution in [2.45, 2.75) is 26.9 Å². The third kappa shape index (κ3) is 4.33. The zero-order valence-electron chi connectivity index (χ0n) is 12.4. The first-order valence-electron chi connectivity index (χ1n) is 6.98. The van der Waals surface area contributed by atoms with Gasteiger partial charge in [-0.25, -0.2) is 0 Å². The molecule has 0 heterocycles. The van der Waals surface area contributed by atoms with Crippen LogP contribution in [0.25, 0.3) is 0 Å². The van der Waals surface area contributed by atoms with Crippen LogP contribution in [0.1, 0.15) is 33.5 Å². The van der Waals surface area contributed by atoms with Gasteiger partial charge >= 0.3 is 0 Å². The molecular formula is C18H19ClO2. The van der Waals surface area contributed by atoms with E-state index in [1.165, 1.54) is 5.56 Å². The van der Waals surface area contributed by atoms with Crippen molar-refractivity contribution < 1.29 is 9.53 Å². The van der Waals surface area contributed by atoms with Crippen LogP contribution in [-0.4, -0.2) is 11.7 Å². The number of benzene rings is 2. The first-order valence-corrected chi connectivity index (χ1v) is 7.52. The van der Waals surface area contributed by atoms with Gasteiger partial charge in [-0.05, 0) is 43.2 Å². The highest BCUT2D eigenvalue weighted by atomic mass is 35.5. The van der Waals surface area contributed by atoms with Crippen molar-refractivity contribution in [2.75, 3.05) is 5.88 Å². The van der Waals surface area contributed by atoms with Crippen molar-refractivity contribution in [2.24, 2.45) is 0 Å². The van der Waals surface area contributed by atoms with Gasteiger partial charge in [0, 0.05) is 17.9 Å². The van der Waals surface area contributed by atoms with E-state index < -0.39 is 0 Å². The first-order chi connectivity index (χ1) is 10.1. The van der Waals surface area contributed by atoms with Gasteiger partial charge in [0.1, 0.15) is 12.4 Å². The molecule has 0 saturated heterocycles. The van der Waals surface area contributed by atoms with Gasteiger partial charge in [0.15, 0.2) is 5.78 Å². The number of carbonyl (C=O) groups excluding carboxylic acids is 1. The summed E-state index contributed by atoms with van der Waals surface area (Å²) in [5.41, 5.74) is 4.01. The lowest BCUT2D eigenvalue weighted by Crippen LogP contribution is -2.02. The van der Waals surface area contributed by atoms with Crippen LogP contribution in [0.5, 0.6) is 5.75 Å². The second-order valence-corrected chi connectivity index (χ2v) is 5.49. The van der Waals surface area contributed by atoms with E-state index in [-0.39, 0.29) is 5.78 Å². The van der Waals surface area contributed by atoms with Crippen LogP contribution in [0.4, 0.5) is 0 Å². The van der Waals surface area contributed by atoms with Crippen molar-refractivity contribution in [1.82, 2.24) is 0 Å². The molecule has 0 radical (unpaired) electrons. The maximum atomic E-state index is 11.8. The van der Waals surface area contributed by atoms with Crippen LogP contribution < -0.4 is 4.74 Å². The smallest absolute Gasteiger partial charge is 0.164 e. The average molecular weight is 303 g/mol. The van der Waals surface area contributed by atoms with Crippen LogP contribution >= 0.6 is 11.6 Å². The summed E-state index contributed by atoms with van der Waals surface area (Å²) in [6.45, 7) is 4.53. The number of hydrogen-bond acceptors (Lipinski definition) is 2. The molecule has 0 unspecified atom stereocenters. The Morgan fingerprint density at radius 3 is 2.43 bits per heavy atom. The standard InChI is InChI=1S/C18H19ClO2/c1-13-3-5-15(6-4-13)12-21-18-8-7-16(11-14(18)2)17(20)9-10-19/h3-8,11H,9-10,12H2,1-2H3. The Kier molecular flexibility index (Phi) is 5.40. The molecule has 0 aliphatic heterocycles. The molecule has 0 amide bonds. The van der Waals surface area contributed by atoms with Gasteiger partial charge in [-0.15, -0.1) is 11.6 Å². The van der Waals surface area contributed by atoms with Crippen molar-refractivity contribution in [3.8, 4) is 5.75 Å². The van der Waals surface area contributed by atoms with Crippen molar-refractivity contribution in [3.63, 3.8) is 0 Å². The second kappa shape index (κ2) is 7.28. The van der Waals surface area contributed by atoms with Crippen molar-refractivity contribution in [1.29, 1.82) is 0 Å². The van der Waals surface area contributed by atoms with Crippen LogP contribution in [-0.2, 0) is 6.61 Å². The summed E-state index contributed by atoms with van der Waals surface area (Å²) >= 11 is 5.60. The molecule has 0 aliphatic carbocycles. The molecule has 0 aromatic heterocycles. The minimum absolute atomic E-state index is 0.0678. The summed E-state index contributed by atoms with van der Waals surface area (Å²) in [7, 11) is 0. The fourth-order valence-electron chi connectivity index (χ4n) is 2.06. The Hall–Kier alpha value is -1.80. The molecule has 2 rings (SSSR count). The molecule has 21 heavy (non-hydrogen) atoms. The van der Waals surface area contributed by atoms with Gasteiger partial charge in [-0.2, -0.15) is 0 Å². The third-order valence-corrected chi connectivity index (χ3v) is 3.52. The summed E-state index contributed by atoms with van der Waals surface area (Å²) < 4.78 is 5.82. The Balaban J connectivity index is 2.04. The normalized spacial score (nSPS) is 10.4. The van der Waals surface area contributed by atoms with E-state index in [1.54, 1.807) is 6.07 Å². The molecule has 0 atom stereocenters. The molecule has 3 heteroatoms. The summed E-state index contributed by atoms with van der Waals surface area (Å²) in [5, 5.41) is 0. The zero-order chi connectivity index (χ0) is 15.2. The van der Waals surface area contributed by atoms with Gasteiger partial charge in [-0.1, -0.05) is 29.8 Å². The molecule has 2 aromatic carbocycles. The highest BCUT2D eigenvalue weighted by molar-refractivity contribution is 6.19. The number of Topliss-reactive ketones (excluding diaryl/α,β-unsaturated/α-hetero) is 1. The number of carbonyl (C=O) groups is 1. The van der Waals surface area contributed by atoms with E-state index in [0.717, 1.165) is 16.9 Å². The van der Waals surface area contributed by atoms with E-state index in [2.05, 4.69) is 31.2 Å². The summed E-state index contributed by atoms with van der Waals surface area (Å²) in [4.78, 5) is 11.8. The molecule has 2 aromatic rings. The Morgan fingerprint density at radius 1 is 1.10 bits per heavy atom. The maximum Gasteiger partial charge on any atom is 0.164 e. The summed E-state index contributed by atoms with van der Waals surface area (Å²) in [6.07, 6.45) is 0.366. The highest BCUT2D eigenvalue weighted by Gasteiger charge is 2.08. The largest absolute Gasteiger partial charge is 0.489 e. The first kappa shape index (κ1) is 15.6. The van der Waals surface area contributed by atoms with Crippen molar-refractivity contribution in [3.05, 3.63) is 64.7 Å². The zero-order valence-corrected chi connectivity index (χ0v) is 13.1. The van der Waals surface area contributed by atoms with Gasteiger partial charge in [0.05, 0.1) is 0 Å². The SMILES string of the molecule is Cc1ccc(COc2ccc(C(=O)CCCl)cc2C)cc1. The van der Waals surface area contributed by atoms with Crippen LogP contribution in [0.2, 0.25) is 0 Å². The van der Waals surface area contributed by atoms with E-state index >= 15 is 0 Å². The minimum atomic E-state index is 0.0678. The number of alkyl halides is 1. The van der Waals surface area contributed by atoms with Gasteiger partial charge < -0.3 is 4.74 Å².